The summed E-state index contributed by atoms with van der Waals surface area (Å²) in [5.41, 5.74) is 0.472. The lowest BCUT2D eigenvalue weighted by molar-refractivity contribution is -0.120. The van der Waals surface area contributed by atoms with Gasteiger partial charge in [0, 0.05) is 12.1 Å². The van der Waals surface area contributed by atoms with Gasteiger partial charge in [-0.1, -0.05) is 18.2 Å². The van der Waals surface area contributed by atoms with Crippen molar-refractivity contribution in [2.75, 3.05) is 6.54 Å². The van der Waals surface area contributed by atoms with Crippen LogP contribution in [0.5, 0.6) is 0 Å². The molecule has 0 fully saturated rings. The summed E-state index contributed by atoms with van der Waals surface area (Å²) in [6, 6.07) is 9.97. The van der Waals surface area contributed by atoms with Gasteiger partial charge in [-0.2, -0.15) is 0 Å². The molecule has 0 aliphatic rings. The van der Waals surface area contributed by atoms with Gasteiger partial charge in [-0.05, 0) is 25.1 Å². The molecule has 0 unspecified atom stereocenters. The molecule has 2 rings (SSSR count). The predicted octanol–water partition coefficient (Wildman–Crippen LogP) is 2.39. The fourth-order valence-corrected chi connectivity index (χ4v) is 1.78. The Hall–Kier alpha value is -2.14. The Morgan fingerprint density at radius 3 is 2.80 bits per heavy atom. The molecule has 1 amide bonds. The van der Waals surface area contributed by atoms with Crippen molar-refractivity contribution in [1.29, 1.82) is 0 Å². The Labute approximate surface area is 117 Å². The Kier molecular flexibility index (Phi) is 4.90. The minimum absolute atomic E-state index is 0.0517. The van der Waals surface area contributed by atoms with Crippen LogP contribution < -0.4 is 10.6 Å². The summed E-state index contributed by atoms with van der Waals surface area (Å²) >= 11 is 0. The zero-order chi connectivity index (χ0) is 14.4. The number of amides is 1. The summed E-state index contributed by atoms with van der Waals surface area (Å²) in [5, 5.41) is 5.70. The van der Waals surface area contributed by atoms with Crippen molar-refractivity contribution < 1.29 is 13.6 Å². The van der Waals surface area contributed by atoms with Crippen LogP contribution in [0.4, 0.5) is 4.39 Å². The first-order chi connectivity index (χ1) is 9.66. The minimum atomic E-state index is -0.315. The van der Waals surface area contributed by atoms with Crippen molar-refractivity contribution in [3.63, 3.8) is 0 Å². The Balaban J connectivity index is 1.75. The molecule has 106 valence electrons. The van der Waals surface area contributed by atoms with Gasteiger partial charge < -0.3 is 9.73 Å². The van der Waals surface area contributed by atoms with E-state index in [4.69, 9.17) is 4.42 Å². The van der Waals surface area contributed by atoms with Crippen molar-refractivity contribution in [3.05, 3.63) is 59.8 Å². The van der Waals surface area contributed by atoms with Gasteiger partial charge in [0.1, 0.15) is 11.6 Å². The van der Waals surface area contributed by atoms with Crippen LogP contribution in [0.2, 0.25) is 0 Å². The van der Waals surface area contributed by atoms with E-state index < -0.39 is 0 Å². The molecule has 2 aromatic rings. The van der Waals surface area contributed by atoms with Crippen LogP contribution in [0.15, 0.2) is 47.1 Å². The number of hydrogen-bond acceptors (Lipinski definition) is 3. The quantitative estimate of drug-likeness (QED) is 0.851. The van der Waals surface area contributed by atoms with E-state index in [-0.39, 0.29) is 30.9 Å². The lowest BCUT2D eigenvalue weighted by atomic mass is 10.2. The monoisotopic (exact) mass is 276 g/mol. The molecule has 0 radical (unpaired) electrons. The topological polar surface area (TPSA) is 54.3 Å². The lowest BCUT2D eigenvalue weighted by Crippen LogP contribution is -2.34. The molecule has 0 aliphatic heterocycles. The predicted molar refractivity (Wildman–Crippen MR) is 73.4 cm³/mol. The molecule has 0 bridgehead atoms. The number of benzene rings is 1. The van der Waals surface area contributed by atoms with Crippen molar-refractivity contribution in [2.45, 2.75) is 19.5 Å². The molecule has 0 saturated carbocycles. The number of hydrogen-bond donors (Lipinski definition) is 2. The number of halogens is 1. The van der Waals surface area contributed by atoms with Gasteiger partial charge in [0.15, 0.2) is 0 Å². The molecule has 1 aromatic carbocycles. The summed E-state index contributed by atoms with van der Waals surface area (Å²) in [5.74, 6) is 0.267. The van der Waals surface area contributed by atoms with E-state index in [1.165, 1.54) is 6.07 Å². The zero-order valence-corrected chi connectivity index (χ0v) is 11.2. The fourth-order valence-electron chi connectivity index (χ4n) is 1.78. The van der Waals surface area contributed by atoms with Crippen molar-refractivity contribution in [2.24, 2.45) is 0 Å². The van der Waals surface area contributed by atoms with Crippen molar-refractivity contribution in [3.8, 4) is 0 Å². The fraction of sp³-hybridized carbons (Fsp3) is 0.267. The Bertz CT molecular complexity index is 555. The second kappa shape index (κ2) is 6.86. The summed E-state index contributed by atoms with van der Waals surface area (Å²) < 4.78 is 18.6. The summed E-state index contributed by atoms with van der Waals surface area (Å²) in [7, 11) is 0. The van der Waals surface area contributed by atoms with E-state index in [0.29, 0.717) is 5.56 Å². The van der Waals surface area contributed by atoms with Gasteiger partial charge in [-0.3, -0.25) is 10.1 Å². The lowest BCUT2D eigenvalue weighted by Gasteiger charge is -2.11. The molecular weight excluding hydrogens is 259 g/mol. The Morgan fingerprint density at radius 2 is 2.10 bits per heavy atom. The van der Waals surface area contributed by atoms with Gasteiger partial charge in [-0.25, -0.2) is 4.39 Å². The smallest absolute Gasteiger partial charge is 0.234 e. The first kappa shape index (κ1) is 14.3. The number of rotatable bonds is 6. The average Bonchev–Trinajstić information content (AvgIpc) is 2.98. The number of nitrogens with one attached hydrogen (secondary N) is 2. The maximum Gasteiger partial charge on any atom is 0.234 e. The van der Waals surface area contributed by atoms with Gasteiger partial charge in [0.05, 0.1) is 18.8 Å². The summed E-state index contributed by atoms with van der Waals surface area (Å²) in [6.45, 7) is 2.24. The normalized spacial score (nSPS) is 12.1. The third-order valence-electron chi connectivity index (χ3n) is 2.97. The maximum atomic E-state index is 13.4. The van der Waals surface area contributed by atoms with Crippen LogP contribution in [0.1, 0.15) is 24.3 Å². The maximum absolute atomic E-state index is 13.4. The van der Waals surface area contributed by atoms with E-state index >= 15 is 0 Å². The molecule has 0 aliphatic carbocycles. The molecule has 1 atom stereocenters. The number of carbonyl (C=O) groups excluding carboxylic acids is 1. The van der Waals surface area contributed by atoms with E-state index in [2.05, 4.69) is 10.6 Å². The number of furan rings is 1. The third-order valence-corrected chi connectivity index (χ3v) is 2.97. The molecule has 1 heterocycles. The van der Waals surface area contributed by atoms with E-state index in [1.807, 2.05) is 13.0 Å². The van der Waals surface area contributed by atoms with Crippen LogP contribution in [-0.4, -0.2) is 12.5 Å². The van der Waals surface area contributed by atoms with E-state index in [0.717, 1.165) is 5.76 Å². The van der Waals surface area contributed by atoms with Crippen LogP contribution in [-0.2, 0) is 11.3 Å². The van der Waals surface area contributed by atoms with Crippen LogP contribution in [0.3, 0.4) is 0 Å². The summed E-state index contributed by atoms with van der Waals surface area (Å²) in [4.78, 5) is 11.7. The summed E-state index contributed by atoms with van der Waals surface area (Å²) in [6.07, 6.45) is 1.59. The highest BCUT2D eigenvalue weighted by atomic mass is 19.1. The van der Waals surface area contributed by atoms with Gasteiger partial charge in [0.25, 0.3) is 0 Å². The van der Waals surface area contributed by atoms with Crippen molar-refractivity contribution in [1.82, 2.24) is 10.6 Å². The molecule has 0 saturated heterocycles. The second-order valence-corrected chi connectivity index (χ2v) is 4.49. The zero-order valence-electron chi connectivity index (χ0n) is 11.2. The largest absolute Gasteiger partial charge is 0.468 e. The molecule has 0 spiro atoms. The Morgan fingerprint density at radius 1 is 1.30 bits per heavy atom. The van der Waals surface area contributed by atoms with Crippen molar-refractivity contribution >= 4 is 5.91 Å². The van der Waals surface area contributed by atoms with E-state index in [1.54, 1.807) is 30.5 Å². The first-order valence-electron chi connectivity index (χ1n) is 6.43. The highest BCUT2D eigenvalue weighted by molar-refractivity contribution is 5.78. The second-order valence-electron chi connectivity index (χ2n) is 4.49. The van der Waals surface area contributed by atoms with Gasteiger partial charge >= 0.3 is 0 Å². The molecular formula is C15H17FN2O2. The highest BCUT2D eigenvalue weighted by Gasteiger charge is 2.10. The molecule has 5 heteroatoms. The standard InChI is InChI=1S/C15H17FN2O2/c1-11(14-7-4-8-20-14)17-10-15(19)18-9-12-5-2-3-6-13(12)16/h2-8,11,17H,9-10H2,1H3,(H,18,19)/t11-/m1/s1. The average molecular weight is 276 g/mol. The molecule has 4 nitrogen and oxygen atoms in total. The first-order valence-corrected chi connectivity index (χ1v) is 6.43. The highest BCUT2D eigenvalue weighted by Crippen LogP contribution is 2.11. The van der Waals surface area contributed by atoms with Crippen LogP contribution >= 0.6 is 0 Å². The SMILES string of the molecule is C[C@@H](NCC(=O)NCc1ccccc1F)c1ccco1. The third kappa shape index (κ3) is 3.93. The molecule has 20 heavy (non-hydrogen) atoms. The van der Waals surface area contributed by atoms with Crippen LogP contribution in [0.25, 0.3) is 0 Å². The van der Waals surface area contributed by atoms with Crippen LogP contribution in [0, 0.1) is 5.82 Å². The van der Waals surface area contributed by atoms with Gasteiger partial charge in [0.2, 0.25) is 5.91 Å². The number of carbonyl (C=O) groups is 1. The molecule has 2 N–H and O–H groups in total. The van der Waals surface area contributed by atoms with Gasteiger partial charge in [-0.15, -0.1) is 0 Å². The van der Waals surface area contributed by atoms with E-state index in [9.17, 15) is 9.18 Å². The molecule has 1 aromatic heterocycles. The minimum Gasteiger partial charge on any atom is -0.468 e.